The van der Waals surface area contributed by atoms with E-state index in [1.54, 1.807) is 6.07 Å². The summed E-state index contributed by atoms with van der Waals surface area (Å²) >= 11 is 0. The molecule has 0 bridgehead atoms. The van der Waals surface area contributed by atoms with Crippen molar-refractivity contribution in [3.63, 3.8) is 0 Å². The first-order chi connectivity index (χ1) is 18.0. The average Bonchev–Trinajstić information content (AvgIpc) is 2.89. The van der Waals surface area contributed by atoms with Gasteiger partial charge in [0.2, 0.25) is 0 Å². The summed E-state index contributed by atoms with van der Waals surface area (Å²) in [6.45, 7) is 5.68. The Hall–Kier alpha value is -3.58. The second-order valence-electron chi connectivity index (χ2n) is 8.81. The molecule has 1 fully saturated rings. The lowest BCUT2D eigenvalue weighted by molar-refractivity contribution is -0.141. The van der Waals surface area contributed by atoms with Crippen LogP contribution in [0.3, 0.4) is 0 Å². The second kappa shape index (κ2) is 11.0. The number of ether oxygens (including phenoxy) is 2. The van der Waals surface area contributed by atoms with Crippen molar-refractivity contribution in [1.29, 1.82) is 0 Å². The zero-order chi connectivity index (χ0) is 27.5. The van der Waals surface area contributed by atoms with Crippen LogP contribution in [0.1, 0.15) is 19.5 Å². The van der Waals surface area contributed by atoms with Gasteiger partial charge in [-0.2, -0.15) is 13.2 Å². The van der Waals surface area contributed by atoms with E-state index in [-0.39, 0.29) is 16.4 Å². The van der Waals surface area contributed by atoms with Crippen molar-refractivity contribution in [3.05, 3.63) is 54.2 Å². The summed E-state index contributed by atoms with van der Waals surface area (Å²) in [6, 6.07) is 12.3. The fourth-order valence-corrected chi connectivity index (χ4v) is 5.12. The molecule has 0 aliphatic carbocycles. The van der Waals surface area contributed by atoms with Gasteiger partial charge < -0.3 is 25.0 Å². The van der Waals surface area contributed by atoms with Crippen LogP contribution in [0, 0.1) is 0 Å². The van der Waals surface area contributed by atoms with Crippen LogP contribution in [-0.2, 0) is 20.8 Å². The summed E-state index contributed by atoms with van der Waals surface area (Å²) in [4.78, 5) is 2.02. The van der Waals surface area contributed by atoms with Crippen molar-refractivity contribution in [2.75, 3.05) is 48.9 Å². The van der Waals surface area contributed by atoms with Gasteiger partial charge in [0.15, 0.2) is 21.3 Å². The number of aromatic nitrogens is 2. The zero-order valence-corrected chi connectivity index (χ0v) is 21.9. The molecule has 2 aromatic carbocycles. The van der Waals surface area contributed by atoms with Crippen molar-refractivity contribution >= 4 is 38.4 Å². The van der Waals surface area contributed by atoms with Gasteiger partial charge in [0.25, 0.3) is 0 Å². The standard InChI is InChI=1S/C25H28F3N5O4S/c1-16(2)38(34,35)22-7-5-4-6-19(22)29-20-15-23(31-32-24(20)25(26,27)28)30-18-9-8-17(14-21(18)36-3)33-10-12-37-13-11-33/h4-9,14-16H,10-13H2,1-3H3,(H2,29,30,31). The maximum Gasteiger partial charge on any atom is 0.437 e. The van der Waals surface area contributed by atoms with Crippen LogP contribution in [0.15, 0.2) is 53.4 Å². The van der Waals surface area contributed by atoms with Gasteiger partial charge >= 0.3 is 6.18 Å². The number of benzene rings is 2. The van der Waals surface area contributed by atoms with Gasteiger partial charge in [0.05, 0.1) is 47.5 Å². The smallest absolute Gasteiger partial charge is 0.437 e. The molecular formula is C25H28F3N5O4S. The predicted octanol–water partition coefficient (Wildman–Crippen LogP) is 5.01. The monoisotopic (exact) mass is 551 g/mol. The average molecular weight is 552 g/mol. The first-order valence-electron chi connectivity index (χ1n) is 11.8. The summed E-state index contributed by atoms with van der Waals surface area (Å²) in [5.41, 5.74) is -0.357. The lowest BCUT2D eigenvalue weighted by atomic mass is 10.2. The van der Waals surface area contributed by atoms with Crippen molar-refractivity contribution < 1.29 is 31.1 Å². The molecule has 2 N–H and O–H groups in total. The van der Waals surface area contributed by atoms with Gasteiger partial charge in [0, 0.05) is 30.9 Å². The SMILES string of the molecule is COc1cc(N2CCOCC2)ccc1Nc1cc(Nc2ccccc2S(=O)(=O)C(C)C)c(C(F)(F)F)nn1. The summed E-state index contributed by atoms with van der Waals surface area (Å²) in [5.74, 6) is 0.459. The zero-order valence-electron chi connectivity index (χ0n) is 21.0. The van der Waals surface area contributed by atoms with E-state index in [1.165, 1.54) is 45.2 Å². The Morgan fingerprint density at radius 3 is 2.34 bits per heavy atom. The third-order valence-electron chi connectivity index (χ3n) is 5.97. The van der Waals surface area contributed by atoms with Crippen molar-refractivity contribution in [3.8, 4) is 5.75 Å². The molecule has 204 valence electrons. The first kappa shape index (κ1) is 27.5. The summed E-state index contributed by atoms with van der Waals surface area (Å²) < 4.78 is 77.9. The van der Waals surface area contributed by atoms with Crippen LogP contribution in [0.5, 0.6) is 5.75 Å². The molecule has 0 unspecified atom stereocenters. The first-order valence-corrected chi connectivity index (χ1v) is 13.4. The fraction of sp³-hybridized carbons (Fsp3) is 0.360. The normalized spacial score (nSPS) is 14.4. The molecule has 13 heteroatoms. The fourth-order valence-electron chi connectivity index (χ4n) is 3.91. The third kappa shape index (κ3) is 5.94. The summed E-state index contributed by atoms with van der Waals surface area (Å²) in [6.07, 6.45) is -4.84. The van der Waals surface area contributed by atoms with E-state index in [2.05, 4.69) is 25.7 Å². The van der Waals surface area contributed by atoms with Gasteiger partial charge in [0.1, 0.15) is 5.75 Å². The maximum atomic E-state index is 13.8. The highest BCUT2D eigenvalue weighted by molar-refractivity contribution is 7.92. The quantitative estimate of drug-likeness (QED) is 0.400. The van der Waals surface area contributed by atoms with Crippen LogP contribution in [0.4, 0.5) is 41.7 Å². The third-order valence-corrected chi connectivity index (χ3v) is 8.18. The van der Waals surface area contributed by atoms with Crippen LogP contribution < -0.4 is 20.3 Å². The molecule has 0 amide bonds. The number of hydrogen-bond acceptors (Lipinski definition) is 9. The molecule has 0 radical (unpaired) electrons. The molecule has 4 rings (SSSR count). The topological polar surface area (TPSA) is 106 Å². The predicted molar refractivity (Wildman–Crippen MR) is 138 cm³/mol. The molecule has 1 aromatic heterocycles. The number of halogens is 3. The number of anilines is 5. The molecule has 2 heterocycles. The molecule has 1 aliphatic rings. The van der Waals surface area contributed by atoms with Crippen molar-refractivity contribution in [2.45, 2.75) is 30.2 Å². The van der Waals surface area contributed by atoms with Crippen molar-refractivity contribution in [1.82, 2.24) is 10.2 Å². The van der Waals surface area contributed by atoms with Crippen LogP contribution in [0.25, 0.3) is 0 Å². The largest absolute Gasteiger partial charge is 0.494 e. The lowest BCUT2D eigenvalue weighted by Gasteiger charge is -2.29. The Kier molecular flexibility index (Phi) is 7.97. The number of methoxy groups -OCH3 is 1. The summed E-state index contributed by atoms with van der Waals surface area (Å²) in [7, 11) is -2.29. The Bertz CT molecular complexity index is 1390. The molecule has 1 aliphatic heterocycles. The van der Waals surface area contributed by atoms with Crippen LogP contribution >= 0.6 is 0 Å². The Balaban J connectivity index is 1.69. The van der Waals surface area contributed by atoms with E-state index in [9.17, 15) is 21.6 Å². The maximum absolute atomic E-state index is 13.8. The molecule has 38 heavy (non-hydrogen) atoms. The van der Waals surface area contributed by atoms with E-state index < -0.39 is 32.6 Å². The number of rotatable bonds is 8. The van der Waals surface area contributed by atoms with Gasteiger partial charge in [-0.15, -0.1) is 10.2 Å². The highest BCUT2D eigenvalue weighted by Crippen LogP contribution is 2.38. The minimum atomic E-state index is -4.84. The highest BCUT2D eigenvalue weighted by Gasteiger charge is 2.37. The van der Waals surface area contributed by atoms with E-state index in [4.69, 9.17) is 9.47 Å². The molecule has 0 spiro atoms. The number of morpholine rings is 1. The Morgan fingerprint density at radius 2 is 1.68 bits per heavy atom. The van der Waals surface area contributed by atoms with Crippen LogP contribution in [-0.4, -0.2) is 57.3 Å². The Morgan fingerprint density at radius 1 is 0.974 bits per heavy atom. The number of nitrogens with one attached hydrogen (secondary N) is 2. The number of sulfone groups is 1. The molecule has 3 aromatic rings. The minimum absolute atomic E-state index is 0.00176. The summed E-state index contributed by atoms with van der Waals surface area (Å²) in [5, 5.41) is 11.9. The molecular weight excluding hydrogens is 523 g/mol. The molecule has 0 atom stereocenters. The van der Waals surface area contributed by atoms with E-state index in [1.807, 2.05) is 12.1 Å². The van der Waals surface area contributed by atoms with E-state index in [0.717, 1.165) is 24.8 Å². The van der Waals surface area contributed by atoms with Gasteiger partial charge in [-0.3, -0.25) is 0 Å². The van der Waals surface area contributed by atoms with E-state index >= 15 is 0 Å². The number of hydrogen-bond donors (Lipinski definition) is 2. The molecule has 0 saturated carbocycles. The lowest BCUT2D eigenvalue weighted by Crippen LogP contribution is -2.36. The number of nitrogens with zero attached hydrogens (tertiary/aromatic N) is 3. The molecule has 9 nitrogen and oxygen atoms in total. The van der Waals surface area contributed by atoms with Crippen LogP contribution in [0.2, 0.25) is 0 Å². The Labute approximate surface area is 218 Å². The van der Waals surface area contributed by atoms with Crippen molar-refractivity contribution in [2.24, 2.45) is 0 Å². The second-order valence-corrected chi connectivity index (χ2v) is 11.3. The number of alkyl halides is 3. The minimum Gasteiger partial charge on any atom is -0.494 e. The molecule has 1 saturated heterocycles. The highest BCUT2D eigenvalue weighted by atomic mass is 32.2. The van der Waals surface area contributed by atoms with Gasteiger partial charge in [-0.1, -0.05) is 12.1 Å². The van der Waals surface area contributed by atoms with E-state index in [0.29, 0.717) is 24.7 Å². The number of para-hydroxylation sites is 1. The van der Waals surface area contributed by atoms with Gasteiger partial charge in [-0.05, 0) is 38.1 Å². The van der Waals surface area contributed by atoms with Gasteiger partial charge in [-0.25, -0.2) is 8.42 Å².